The van der Waals surface area contributed by atoms with Crippen molar-refractivity contribution in [2.45, 2.75) is 6.92 Å². The first-order valence-electron chi connectivity index (χ1n) is 5.92. The van der Waals surface area contributed by atoms with Crippen LogP contribution in [0.2, 0.25) is 0 Å². The molecule has 0 radical (unpaired) electrons. The third-order valence-corrected chi connectivity index (χ3v) is 2.54. The number of pyridine rings is 1. The van der Waals surface area contributed by atoms with Crippen LogP contribution in [0.3, 0.4) is 0 Å². The maximum atomic E-state index is 11.5. The molecule has 0 saturated heterocycles. The molecule has 0 aromatic carbocycles. The average Bonchev–Trinajstić information content (AvgIpc) is 2.44. The van der Waals surface area contributed by atoms with Crippen LogP contribution in [-0.2, 0) is 4.79 Å². The number of hydrogen-bond donors (Lipinski definition) is 3. The topological polar surface area (TPSA) is 112 Å². The Kier molecular flexibility index (Phi) is 5.45. The molecule has 20 heavy (non-hydrogen) atoms. The summed E-state index contributed by atoms with van der Waals surface area (Å²) >= 11 is 0. The fourth-order valence-corrected chi connectivity index (χ4v) is 1.24. The summed E-state index contributed by atoms with van der Waals surface area (Å²) in [5.74, 6) is -1.35. The predicted molar refractivity (Wildman–Crippen MR) is 71.5 cm³/mol. The molecule has 0 saturated carbocycles. The Morgan fingerprint density at radius 2 is 2.05 bits per heavy atom. The van der Waals surface area contributed by atoms with Crippen LogP contribution < -0.4 is 10.6 Å². The van der Waals surface area contributed by atoms with E-state index in [9.17, 15) is 14.4 Å². The van der Waals surface area contributed by atoms with E-state index in [1.165, 1.54) is 23.2 Å². The monoisotopic (exact) mass is 280 g/mol. The minimum Gasteiger partial charge on any atom is -0.477 e. The third kappa shape index (κ3) is 4.56. The minimum atomic E-state index is -1.14. The van der Waals surface area contributed by atoms with Crippen LogP contribution in [0.5, 0.6) is 0 Å². The van der Waals surface area contributed by atoms with Crippen molar-refractivity contribution >= 4 is 23.6 Å². The maximum absolute atomic E-state index is 11.5. The zero-order chi connectivity index (χ0) is 15.1. The van der Waals surface area contributed by atoms with Gasteiger partial charge in [-0.1, -0.05) is 0 Å². The molecule has 1 aromatic heterocycles. The Balaban J connectivity index is 2.46. The summed E-state index contributed by atoms with van der Waals surface area (Å²) in [4.78, 5) is 38.7. The van der Waals surface area contributed by atoms with Crippen LogP contribution in [0.4, 0.5) is 10.5 Å². The molecule has 8 nitrogen and oxygen atoms in total. The quantitative estimate of drug-likeness (QED) is 0.722. The number of carbonyl (C=O) groups is 3. The molecule has 1 heterocycles. The summed E-state index contributed by atoms with van der Waals surface area (Å²) in [6.45, 7) is 2.27. The van der Waals surface area contributed by atoms with Gasteiger partial charge in [0.05, 0.1) is 18.4 Å². The van der Waals surface area contributed by atoms with Gasteiger partial charge < -0.3 is 20.6 Å². The smallest absolute Gasteiger partial charge is 0.354 e. The number of likely N-dealkylation sites (N-methyl/N-ethyl adjacent to an activating group) is 1. The Labute approximate surface area is 115 Å². The molecule has 0 fully saturated rings. The molecule has 3 N–H and O–H groups in total. The van der Waals surface area contributed by atoms with Gasteiger partial charge in [-0.05, 0) is 19.1 Å². The lowest BCUT2D eigenvalue weighted by Crippen LogP contribution is -2.39. The number of amides is 3. The van der Waals surface area contributed by atoms with Crippen LogP contribution >= 0.6 is 0 Å². The van der Waals surface area contributed by atoms with Gasteiger partial charge in [0, 0.05) is 13.6 Å². The molecule has 108 valence electrons. The third-order valence-electron chi connectivity index (χ3n) is 2.54. The van der Waals surface area contributed by atoms with Crippen molar-refractivity contribution in [2.75, 3.05) is 25.5 Å². The number of urea groups is 1. The first-order chi connectivity index (χ1) is 9.43. The molecule has 0 bridgehead atoms. The number of anilines is 1. The highest BCUT2D eigenvalue weighted by Crippen LogP contribution is 2.05. The van der Waals surface area contributed by atoms with Crippen molar-refractivity contribution in [2.24, 2.45) is 0 Å². The lowest BCUT2D eigenvalue weighted by atomic mass is 10.3. The Bertz CT molecular complexity index is 501. The number of carbonyl (C=O) groups excluding carboxylic acids is 2. The second-order valence-corrected chi connectivity index (χ2v) is 3.95. The molecule has 1 rings (SSSR count). The van der Waals surface area contributed by atoms with Gasteiger partial charge in [0.25, 0.3) is 0 Å². The number of carboxylic acids is 1. The predicted octanol–water partition coefficient (Wildman–Crippen LogP) is 0.380. The molecular weight excluding hydrogens is 264 g/mol. The van der Waals surface area contributed by atoms with Crippen molar-refractivity contribution in [3.05, 3.63) is 24.0 Å². The zero-order valence-corrected chi connectivity index (χ0v) is 11.2. The number of rotatable bonds is 5. The van der Waals surface area contributed by atoms with Crippen LogP contribution in [0.1, 0.15) is 17.4 Å². The maximum Gasteiger partial charge on any atom is 0.354 e. The van der Waals surface area contributed by atoms with E-state index in [0.717, 1.165) is 0 Å². The fourth-order valence-electron chi connectivity index (χ4n) is 1.24. The molecule has 0 aliphatic heterocycles. The van der Waals surface area contributed by atoms with Crippen molar-refractivity contribution in [3.8, 4) is 0 Å². The molecule has 3 amide bonds. The minimum absolute atomic E-state index is 0.114. The second-order valence-electron chi connectivity index (χ2n) is 3.95. The van der Waals surface area contributed by atoms with Crippen LogP contribution in [-0.4, -0.2) is 53.0 Å². The van der Waals surface area contributed by atoms with Gasteiger partial charge in [-0.25, -0.2) is 14.6 Å². The van der Waals surface area contributed by atoms with Crippen molar-refractivity contribution in [1.29, 1.82) is 0 Å². The van der Waals surface area contributed by atoms with Crippen LogP contribution in [0.15, 0.2) is 18.3 Å². The summed E-state index contributed by atoms with van der Waals surface area (Å²) in [5, 5.41) is 13.5. The molecule has 0 unspecified atom stereocenters. The van der Waals surface area contributed by atoms with Gasteiger partial charge >= 0.3 is 12.0 Å². The number of aromatic carboxylic acids is 1. The number of nitrogens with one attached hydrogen (secondary N) is 2. The lowest BCUT2D eigenvalue weighted by Gasteiger charge is -2.14. The van der Waals surface area contributed by atoms with Crippen LogP contribution in [0.25, 0.3) is 0 Å². The van der Waals surface area contributed by atoms with Gasteiger partial charge in [-0.3, -0.25) is 4.79 Å². The standard InChI is InChI=1S/C12H16N4O4/c1-3-16(2)10(17)7-14-12(20)15-8-4-5-9(11(18)19)13-6-8/h4-6H,3,7H2,1-2H3,(H,18,19)(H2,14,15,20). The number of nitrogens with zero attached hydrogens (tertiary/aromatic N) is 2. The summed E-state index contributed by atoms with van der Waals surface area (Å²) < 4.78 is 0. The normalized spacial score (nSPS) is 9.70. The summed E-state index contributed by atoms with van der Waals surface area (Å²) in [5.41, 5.74) is 0.222. The lowest BCUT2D eigenvalue weighted by molar-refractivity contribution is -0.128. The fraction of sp³-hybridized carbons (Fsp3) is 0.333. The summed E-state index contributed by atoms with van der Waals surface area (Å²) in [7, 11) is 1.64. The SMILES string of the molecule is CCN(C)C(=O)CNC(=O)Nc1ccc(C(=O)O)nc1. The van der Waals surface area contributed by atoms with Gasteiger partial charge in [0.1, 0.15) is 5.69 Å². The molecular formula is C12H16N4O4. The first kappa shape index (κ1) is 15.4. The van der Waals surface area contributed by atoms with E-state index in [1.807, 2.05) is 6.92 Å². The van der Waals surface area contributed by atoms with E-state index in [4.69, 9.17) is 5.11 Å². The number of aromatic nitrogens is 1. The van der Waals surface area contributed by atoms with E-state index in [-0.39, 0.29) is 18.1 Å². The number of carboxylic acid groups (broad SMARTS) is 1. The second kappa shape index (κ2) is 7.07. The molecule has 8 heteroatoms. The molecule has 0 aliphatic rings. The highest BCUT2D eigenvalue weighted by atomic mass is 16.4. The van der Waals surface area contributed by atoms with E-state index < -0.39 is 12.0 Å². The van der Waals surface area contributed by atoms with E-state index >= 15 is 0 Å². The van der Waals surface area contributed by atoms with E-state index in [1.54, 1.807) is 7.05 Å². The molecule has 0 aliphatic carbocycles. The van der Waals surface area contributed by atoms with Gasteiger partial charge in [0.2, 0.25) is 5.91 Å². The Morgan fingerprint density at radius 3 is 2.55 bits per heavy atom. The van der Waals surface area contributed by atoms with E-state index in [2.05, 4.69) is 15.6 Å². The molecule has 0 spiro atoms. The Hall–Kier alpha value is -2.64. The van der Waals surface area contributed by atoms with E-state index in [0.29, 0.717) is 12.2 Å². The Morgan fingerprint density at radius 1 is 1.35 bits per heavy atom. The average molecular weight is 280 g/mol. The largest absolute Gasteiger partial charge is 0.477 e. The van der Waals surface area contributed by atoms with Crippen molar-refractivity contribution < 1.29 is 19.5 Å². The zero-order valence-electron chi connectivity index (χ0n) is 11.2. The summed E-state index contributed by atoms with van der Waals surface area (Å²) in [6, 6.07) is 2.12. The number of hydrogen-bond acceptors (Lipinski definition) is 4. The highest BCUT2D eigenvalue weighted by molar-refractivity contribution is 5.92. The first-order valence-corrected chi connectivity index (χ1v) is 5.92. The van der Waals surface area contributed by atoms with Crippen molar-refractivity contribution in [1.82, 2.24) is 15.2 Å². The van der Waals surface area contributed by atoms with Crippen LogP contribution in [0, 0.1) is 0 Å². The van der Waals surface area contributed by atoms with Gasteiger partial charge in [-0.15, -0.1) is 0 Å². The van der Waals surface area contributed by atoms with Gasteiger partial charge in [0.15, 0.2) is 0 Å². The summed E-state index contributed by atoms with van der Waals surface area (Å²) in [6.07, 6.45) is 1.23. The molecule has 1 aromatic rings. The highest BCUT2D eigenvalue weighted by Gasteiger charge is 2.09. The van der Waals surface area contributed by atoms with Crippen molar-refractivity contribution in [3.63, 3.8) is 0 Å². The van der Waals surface area contributed by atoms with Gasteiger partial charge in [-0.2, -0.15) is 0 Å². The molecule has 0 atom stereocenters.